The van der Waals surface area contributed by atoms with Crippen molar-refractivity contribution in [1.82, 2.24) is 16.0 Å². The number of esters is 2. The maximum absolute atomic E-state index is 13.4. The highest BCUT2D eigenvalue weighted by Crippen LogP contribution is 2.18. The van der Waals surface area contributed by atoms with E-state index >= 15 is 0 Å². The molecule has 0 heterocycles. The lowest BCUT2D eigenvalue weighted by molar-refractivity contribution is -0.146. The van der Waals surface area contributed by atoms with E-state index in [1.165, 1.54) is 21.1 Å². The number of allylic oxidation sites excluding steroid dienone is 2. The molecule has 0 bridgehead atoms. The zero-order valence-electron chi connectivity index (χ0n) is 29.4. The number of rotatable bonds is 17. The van der Waals surface area contributed by atoms with Gasteiger partial charge in [-0.05, 0) is 53.0 Å². The summed E-state index contributed by atoms with van der Waals surface area (Å²) < 4.78 is 20.6. The minimum absolute atomic E-state index is 0.0523. The SMILES string of the molecule is COC(=O)[C@H](C)NC(=O)CC[C@@H](NC(=O)[C@@H](C)[C@H](/C=C/C(C)=C/[C@H](C)[C@H](Cc1ccccc1)OC)NC(=O)OC(C)(C)C)C(=O)OC. The van der Waals surface area contributed by atoms with E-state index in [0.29, 0.717) is 0 Å². The fourth-order valence-electron chi connectivity index (χ4n) is 4.63. The maximum Gasteiger partial charge on any atom is 0.408 e. The van der Waals surface area contributed by atoms with Crippen molar-refractivity contribution in [1.29, 1.82) is 0 Å². The zero-order chi connectivity index (χ0) is 35.7. The van der Waals surface area contributed by atoms with Crippen LogP contribution >= 0.6 is 0 Å². The molecule has 0 aliphatic heterocycles. The third-order valence-electron chi connectivity index (χ3n) is 7.29. The lowest BCUT2D eigenvalue weighted by Crippen LogP contribution is -2.50. The van der Waals surface area contributed by atoms with Gasteiger partial charge in [0.1, 0.15) is 17.7 Å². The molecule has 0 spiro atoms. The van der Waals surface area contributed by atoms with Crippen molar-refractivity contribution >= 4 is 29.8 Å². The van der Waals surface area contributed by atoms with Crippen LogP contribution in [0.25, 0.3) is 0 Å². The van der Waals surface area contributed by atoms with Gasteiger partial charge >= 0.3 is 18.0 Å². The minimum Gasteiger partial charge on any atom is -0.467 e. The highest BCUT2D eigenvalue weighted by atomic mass is 16.6. The Morgan fingerprint density at radius 3 is 2.04 bits per heavy atom. The Morgan fingerprint density at radius 2 is 1.49 bits per heavy atom. The van der Waals surface area contributed by atoms with Gasteiger partial charge in [-0.2, -0.15) is 0 Å². The molecular weight excluding hydrogens is 606 g/mol. The van der Waals surface area contributed by atoms with Crippen LogP contribution in [0.4, 0.5) is 4.79 Å². The number of nitrogens with one attached hydrogen (secondary N) is 3. The number of hydrogen-bond donors (Lipinski definition) is 3. The van der Waals surface area contributed by atoms with Crippen molar-refractivity contribution in [3.63, 3.8) is 0 Å². The third-order valence-corrected chi connectivity index (χ3v) is 7.29. The standard InChI is InChI=1S/C35H53N3O9/c1-22(20-23(2)29(44-8)21-26-14-12-11-13-15-26)16-17-27(38-34(43)47-35(5,6)7)24(3)31(40)37-28(33(42)46-10)18-19-30(39)36-25(4)32(41)45-9/h11-17,20,23-25,27-29H,18-19,21H2,1-10H3,(H,36,39)(H,37,40)(H,38,43)/b17-16+,22-20+/t23-,24-,25-,27-,28+,29-/m0/s1. The second-order valence-corrected chi connectivity index (χ2v) is 12.5. The number of carbonyl (C=O) groups excluding carboxylic acids is 5. The molecule has 1 aromatic rings. The quantitative estimate of drug-likeness (QED) is 0.128. The first-order chi connectivity index (χ1) is 22.0. The van der Waals surface area contributed by atoms with Gasteiger partial charge in [0.2, 0.25) is 11.8 Å². The van der Waals surface area contributed by atoms with Crippen LogP contribution in [0.2, 0.25) is 0 Å². The molecule has 1 rings (SSSR count). The lowest BCUT2D eigenvalue weighted by atomic mass is 9.94. The average Bonchev–Trinajstić information content (AvgIpc) is 3.01. The van der Waals surface area contributed by atoms with Crippen molar-refractivity contribution in [3.8, 4) is 0 Å². The normalized spacial score (nSPS) is 15.7. The van der Waals surface area contributed by atoms with Crippen LogP contribution < -0.4 is 16.0 Å². The molecule has 0 radical (unpaired) electrons. The first-order valence-electron chi connectivity index (χ1n) is 15.7. The van der Waals surface area contributed by atoms with Crippen LogP contribution in [0.3, 0.4) is 0 Å². The highest BCUT2D eigenvalue weighted by molar-refractivity contribution is 5.88. The van der Waals surface area contributed by atoms with Gasteiger partial charge in [-0.25, -0.2) is 14.4 Å². The first kappa shape index (κ1) is 40.8. The zero-order valence-corrected chi connectivity index (χ0v) is 29.4. The van der Waals surface area contributed by atoms with E-state index in [-0.39, 0.29) is 24.9 Å². The van der Waals surface area contributed by atoms with E-state index in [9.17, 15) is 24.0 Å². The van der Waals surface area contributed by atoms with Gasteiger partial charge in [0.15, 0.2) is 0 Å². The number of alkyl carbamates (subject to hydrolysis) is 1. The maximum atomic E-state index is 13.4. The molecule has 1 aromatic carbocycles. The Bertz CT molecular complexity index is 1240. The molecule has 0 unspecified atom stereocenters. The number of benzene rings is 1. The van der Waals surface area contributed by atoms with E-state index in [2.05, 4.69) is 45.8 Å². The minimum atomic E-state index is -1.15. The van der Waals surface area contributed by atoms with Gasteiger partial charge in [0, 0.05) is 19.4 Å². The van der Waals surface area contributed by atoms with Crippen LogP contribution in [0.1, 0.15) is 66.9 Å². The number of amides is 3. The van der Waals surface area contributed by atoms with Gasteiger partial charge in [0.05, 0.1) is 32.3 Å². The second-order valence-electron chi connectivity index (χ2n) is 12.5. The first-order valence-corrected chi connectivity index (χ1v) is 15.7. The smallest absolute Gasteiger partial charge is 0.408 e. The Morgan fingerprint density at radius 1 is 0.872 bits per heavy atom. The van der Waals surface area contributed by atoms with Crippen LogP contribution in [-0.4, -0.2) is 81.0 Å². The monoisotopic (exact) mass is 659 g/mol. The summed E-state index contributed by atoms with van der Waals surface area (Å²) in [6, 6.07) is 7.20. The predicted molar refractivity (Wildman–Crippen MR) is 178 cm³/mol. The van der Waals surface area contributed by atoms with E-state index in [0.717, 1.165) is 17.6 Å². The van der Waals surface area contributed by atoms with E-state index < -0.39 is 59.5 Å². The van der Waals surface area contributed by atoms with E-state index in [1.54, 1.807) is 40.9 Å². The van der Waals surface area contributed by atoms with Gasteiger partial charge in [-0.15, -0.1) is 0 Å². The molecular formula is C35H53N3O9. The lowest BCUT2D eigenvalue weighted by Gasteiger charge is -2.26. The third kappa shape index (κ3) is 15.8. The molecule has 0 aliphatic carbocycles. The molecule has 3 N–H and O–H groups in total. The number of hydrogen-bond acceptors (Lipinski definition) is 9. The molecule has 12 nitrogen and oxygen atoms in total. The Labute approximate surface area is 279 Å². The molecule has 6 atom stereocenters. The average molecular weight is 660 g/mol. The van der Waals surface area contributed by atoms with Crippen molar-refractivity contribution in [3.05, 3.63) is 59.7 Å². The highest BCUT2D eigenvalue weighted by Gasteiger charge is 2.30. The molecule has 262 valence electrons. The fourth-order valence-corrected chi connectivity index (χ4v) is 4.63. The van der Waals surface area contributed by atoms with Gasteiger partial charge in [-0.1, -0.05) is 68.0 Å². The summed E-state index contributed by atoms with van der Waals surface area (Å²) >= 11 is 0. The Hall–Kier alpha value is -4.19. The topological polar surface area (TPSA) is 158 Å². The summed E-state index contributed by atoms with van der Waals surface area (Å²) in [5.41, 5.74) is 1.28. The van der Waals surface area contributed by atoms with Gasteiger partial charge in [0.25, 0.3) is 0 Å². The fraction of sp³-hybridized carbons (Fsp3) is 0.571. The summed E-state index contributed by atoms with van der Waals surface area (Å²) in [6.45, 7) is 12.2. The van der Waals surface area contributed by atoms with Crippen molar-refractivity contribution < 1.29 is 42.9 Å². The largest absolute Gasteiger partial charge is 0.467 e. The van der Waals surface area contributed by atoms with Crippen LogP contribution in [0.5, 0.6) is 0 Å². The number of ether oxygens (including phenoxy) is 4. The molecule has 0 aromatic heterocycles. The van der Waals surface area contributed by atoms with Gasteiger partial charge < -0.3 is 34.9 Å². The number of carbonyl (C=O) groups is 5. The summed E-state index contributed by atoms with van der Waals surface area (Å²) in [7, 11) is 4.06. The summed E-state index contributed by atoms with van der Waals surface area (Å²) in [5.74, 6) is -3.26. The van der Waals surface area contributed by atoms with Crippen LogP contribution in [0, 0.1) is 11.8 Å². The molecule has 0 fully saturated rings. The van der Waals surface area contributed by atoms with E-state index in [4.69, 9.17) is 14.2 Å². The Balaban J connectivity index is 3.12. The predicted octanol–water partition coefficient (Wildman–Crippen LogP) is 4.03. The molecule has 0 aliphatic rings. The number of methoxy groups -OCH3 is 3. The molecule has 12 heteroatoms. The molecule has 0 saturated carbocycles. The van der Waals surface area contributed by atoms with Crippen molar-refractivity contribution in [2.24, 2.45) is 11.8 Å². The second kappa shape index (κ2) is 20.1. The van der Waals surface area contributed by atoms with Crippen LogP contribution in [-0.2, 0) is 44.5 Å². The summed E-state index contributed by atoms with van der Waals surface area (Å²) in [5, 5.41) is 7.86. The summed E-state index contributed by atoms with van der Waals surface area (Å²) in [6.07, 6.45) is 5.25. The Kier molecular flexibility index (Phi) is 17.5. The molecule has 3 amide bonds. The van der Waals surface area contributed by atoms with E-state index in [1.807, 2.05) is 31.2 Å². The van der Waals surface area contributed by atoms with Gasteiger partial charge in [-0.3, -0.25) is 9.59 Å². The van der Waals surface area contributed by atoms with Crippen LogP contribution in [0.15, 0.2) is 54.1 Å². The summed E-state index contributed by atoms with van der Waals surface area (Å²) in [4.78, 5) is 62.7. The molecule has 0 saturated heterocycles. The van der Waals surface area contributed by atoms with Crippen molar-refractivity contribution in [2.45, 2.75) is 97.6 Å². The van der Waals surface area contributed by atoms with Crippen molar-refractivity contribution in [2.75, 3.05) is 21.3 Å². The molecule has 47 heavy (non-hydrogen) atoms.